The van der Waals surface area contributed by atoms with Crippen LogP contribution in [0.5, 0.6) is 0 Å². The van der Waals surface area contributed by atoms with Gasteiger partial charge < -0.3 is 5.11 Å². The lowest BCUT2D eigenvalue weighted by Gasteiger charge is -2.04. The zero-order chi connectivity index (χ0) is 13.1. The summed E-state index contributed by atoms with van der Waals surface area (Å²) in [7, 11) is 0. The quantitative estimate of drug-likeness (QED) is 0.802. The number of rotatable bonds is 4. The van der Waals surface area contributed by atoms with Crippen molar-refractivity contribution < 1.29 is 9.90 Å². The Labute approximate surface area is 123 Å². The molecule has 1 N–H and O–H groups in total. The first-order chi connectivity index (χ1) is 8.58. The van der Waals surface area contributed by atoms with E-state index in [0.717, 1.165) is 9.77 Å². The lowest BCUT2D eigenvalue weighted by molar-refractivity contribution is 0.0702. The third kappa shape index (κ3) is 3.20. The fourth-order valence-corrected chi connectivity index (χ4v) is 3.91. The fourth-order valence-electron chi connectivity index (χ4n) is 1.33. The molecule has 2 aromatic rings. The molecular weight excluding hydrogens is 311 g/mol. The summed E-state index contributed by atoms with van der Waals surface area (Å²) in [5.74, 6) is -0.242. The van der Waals surface area contributed by atoms with Gasteiger partial charge in [-0.1, -0.05) is 29.3 Å². The van der Waals surface area contributed by atoms with Gasteiger partial charge in [0.2, 0.25) is 0 Å². The summed E-state index contributed by atoms with van der Waals surface area (Å²) in [6.45, 7) is 0. The first kappa shape index (κ1) is 13.7. The average Bonchev–Trinajstić information content (AvgIpc) is 2.77. The molecule has 1 aromatic heterocycles. The maximum absolute atomic E-state index is 10.8. The van der Waals surface area contributed by atoms with Crippen molar-refractivity contribution in [2.24, 2.45) is 0 Å². The molecule has 0 spiro atoms. The summed E-state index contributed by atoms with van der Waals surface area (Å²) in [4.78, 5) is 12.9. The number of benzene rings is 1. The molecule has 0 saturated carbocycles. The van der Waals surface area contributed by atoms with Crippen LogP contribution in [-0.4, -0.2) is 11.1 Å². The fraction of sp³-hybridized carbons (Fsp3) is 0.0833. The van der Waals surface area contributed by atoms with Crippen LogP contribution in [0.25, 0.3) is 0 Å². The highest BCUT2D eigenvalue weighted by Crippen LogP contribution is 2.36. The summed E-state index contributed by atoms with van der Waals surface area (Å²) < 4.78 is 0. The lowest BCUT2D eigenvalue weighted by Crippen LogP contribution is -1.89. The summed E-state index contributed by atoms with van der Waals surface area (Å²) >= 11 is 14.9. The average molecular weight is 319 g/mol. The van der Waals surface area contributed by atoms with Crippen molar-refractivity contribution >= 4 is 52.3 Å². The smallest absolute Gasteiger partial charge is 0.345 e. The SMILES string of the molecule is O=C(O)c1ccc(CSc2c(Cl)cccc2Cl)s1. The van der Waals surface area contributed by atoms with Gasteiger partial charge in [-0.3, -0.25) is 0 Å². The van der Waals surface area contributed by atoms with E-state index in [1.807, 2.05) is 6.07 Å². The predicted molar refractivity (Wildman–Crippen MR) is 77.3 cm³/mol. The maximum atomic E-state index is 10.8. The minimum Gasteiger partial charge on any atom is -0.477 e. The Morgan fingerprint density at radius 3 is 2.44 bits per heavy atom. The van der Waals surface area contributed by atoms with Gasteiger partial charge >= 0.3 is 5.97 Å². The molecule has 0 radical (unpaired) electrons. The minimum absolute atomic E-state index is 0.343. The Morgan fingerprint density at radius 1 is 1.22 bits per heavy atom. The van der Waals surface area contributed by atoms with Gasteiger partial charge in [0.15, 0.2) is 0 Å². The van der Waals surface area contributed by atoms with E-state index in [4.69, 9.17) is 28.3 Å². The Morgan fingerprint density at radius 2 is 1.89 bits per heavy atom. The van der Waals surface area contributed by atoms with Crippen LogP contribution in [0.4, 0.5) is 0 Å². The summed E-state index contributed by atoms with van der Waals surface area (Å²) in [6.07, 6.45) is 0. The number of hydrogen-bond donors (Lipinski definition) is 1. The Balaban J connectivity index is 2.09. The van der Waals surface area contributed by atoms with Crippen molar-refractivity contribution in [3.05, 3.63) is 50.1 Å². The molecule has 2 nitrogen and oxygen atoms in total. The molecule has 2 rings (SSSR count). The van der Waals surface area contributed by atoms with E-state index in [0.29, 0.717) is 20.7 Å². The van der Waals surface area contributed by atoms with Gasteiger partial charge in [-0.25, -0.2) is 4.79 Å². The van der Waals surface area contributed by atoms with Crippen LogP contribution in [-0.2, 0) is 5.75 Å². The van der Waals surface area contributed by atoms with Crippen molar-refractivity contribution in [2.45, 2.75) is 10.6 Å². The van der Waals surface area contributed by atoms with Crippen molar-refractivity contribution in [2.75, 3.05) is 0 Å². The number of carboxylic acid groups (broad SMARTS) is 1. The molecule has 0 saturated heterocycles. The Kier molecular flexibility index (Phi) is 4.56. The number of thioether (sulfide) groups is 1. The maximum Gasteiger partial charge on any atom is 0.345 e. The normalized spacial score (nSPS) is 10.6. The van der Waals surface area contributed by atoms with Crippen LogP contribution < -0.4 is 0 Å². The van der Waals surface area contributed by atoms with Crippen LogP contribution in [0.2, 0.25) is 10.0 Å². The van der Waals surface area contributed by atoms with E-state index in [1.54, 1.807) is 24.3 Å². The summed E-state index contributed by atoms with van der Waals surface area (Å²) in [6, 6.07) is 8.78. The van der Waals surface area contributed by atoms with Crippen LogP contribution in [0.15, 0.2) is 35.2 Å². The standard InChI is InChI=1S/C12H8Cl2O2S2/c13-8-2-1-3-9(14)11(8)17-6-7-4-5-10(18-7)12(15)16/h1-5H,6H2,(H,15,16). The molecule has 6 heteroatoms. The second kappa shape index (κ2) is 5.97. The number of aromatic carboxylic acids is 1. The highest BCUT2D eigenvalue weighted by Gasteiger charge is 2.10. The van der Waals surface area contributed by atoms with Gasteiger partial charge in [-0.15, -0.1) is 23.1 Å². The molecule has 1 heterocycles. The number of carboxylic acids is 1. The molecule has 0 aliphatic heterocycles. The molecule has 0 aliphatic carbocycles. The Hall–Kier alpha value is -0.680. The predicted octanol–water partition coefficient (Wildman–Crippen LogP) is 5.05. The number of hydrogen-bond acceptors (Lipinski definition) is 3. The molecule has 18 heavy (non-hydrogen) atoms. The van der Waals surface area contributed by atoms with E-state index in [2.05, 4.69) is 0 Å². The molecular formula is C12H8Cl2O2S2. The molecule has 0 unspecified atom stereocenters. The van der Waals surface area contributed by atoms with Gasteiger partial charge in [0, 0.05) is 15.5 Å². The van der Waals surface area contributed by atoms with Crippen LogP contribution in [0.1, 0.15) is 14.5 Å². The highest BCUT2D eigenvalue weighted by molar-refractivity contribution is 7.98. The van der Waals surface area contributed by atoms with Crippen molar-refractivity contribution in [1.29, 1.82) is 0 Å². The zero-order valence-corrected chi connectivity index (χ0v) is 12.2. The molecule has 0 aliphatic rings. The zero-order valence-electron chi connectivity index (χ0n) is 9.02. The third-order valence-electron chi connectivity index (χ3n) is 2.15. The lowest BCUT2D eigenvalue weighted by atomic mass is 10.4. The van der Waals surface area contributed by atoms with E-state index >= 15 is 0 Å². The highest BCUT2D eigenvalue weighted by atomic mass is 35.5. The second-order valence-electron chi connectivity index (χ2n) is 3.41. The monoisotopic (exact) mass is 318 g/mol. The van der Waals surface area contributed by atoms with Gasteiger partial charge in [0.1, 0.15) is 4.88 Å². The van der Waals surface area contributed by atoms with E-state index in [-0.39, 0.29) is 0 Å². The minimum atomic E-state index is -0.896. The largest absolute Gasteiger partial charge is 0.477 e. The van der Waals surface area contributed by atoms with Gasteiger partial charge in [-0.2, -0.15) is 0 Å². The summed E-state index contributed by atoms with van der Waals surface area (Å²) in [5.41, 5.74) is 0. The van der Waals surface area contributed by atoms with Crippen LogP contribution in [0, 0.1) is 0 Å². The van der Waals surface area contributed by atoms with E-state index in [1.165, 1.54) is 23.1 Å². The Bertz CT molecular complexity index is 561. The molecule has 0 bridgehead atoms. The summed E-state index contributed by atoms with van der Waals surface area (Å²) in [5, 5.41) is 10.1. The molecule has 94 valence electrons. The topological polar surface area (TPSA) is 37.3 Å². The van der Waals surface area contributed by atoms with Gasteiger partial charge in [-0.05, 0) is 24.3 Å². The van der Waals surface area contributed by atoms with Gasteiger partial charge in [0.05, 0.1) is 10.0 Å². The molecule has 1 aromatic carbocycles. The van der Waals surface area contributed by atoms with Crippen molar-refractivity contribution in [1.82, 2.24) is 0 Å². The number of carbonyl (C=O) groups is 1. The van der Waals surface area contributed by atoms with Crippen LogP contribution in [0.3, 0.4) is 0 Å². The van der Waals surface area contributed by atoms with Crippen LogP contribution >= 0.6 is 46.3 Å². The first-order valence-corrected chi connectivity index (χ1v) is 7.52. The molecule has 0 atom stereocenters. The first-order valence-electron chi connectivity index (χ1n) is 4.96. The van der Waals surface area contributed by atoms with Crippen molar-refractivity contribution in [3.63, 3.8) is 0 Å². The number of halogens is 2. The van der Waals surface area contributed by atoms with E-state index in [9.17, 15) is 4.79 Å². The molecule has 0 fully saturated rings. The number of thiophene rings is 1. The second-order valence-corrected chi connectivity index (χ2v) is 6.38. The van der Waals surface area contributed by atoms with E-state index < -0.39 is 5.97 Å². The third-order valence-corrected chi connectivity index (χ3v) is 5.44. The molecule has 0 amide bonds. The van der Waals surface area contributed by atoms with Gasteiger partial charge in [0.25, 0.3) is 0 Å². The van der Waals surface area contributed by atoms with Crippen molar-refractivity contribution in [3.8, 4) is 0 Å².